The third-order valence-electron chi connectivity index (χ3n) is 10.1. The van der Waals surface area contributed by atoms with E-state index >= 15 is 0 Å². The van der Waals surface area contributed by atoms with Crippen molar-refractivity contribution in [3.63, 3.8) is 0 Å². The molecule has 3 nitrogen and oxygen atoms in total. The predicted octanol–water partition coefficient (Wildman–Crippen LogP) is 13.4. The number of hydrogen-bond acceptors (Lipinski definition) is 3. The number of fused-ring (bicyclic) bond motifs is 1. The maximum Gasteiger partial charge on any atom is 0.169 e. The van der Waals surface area contributed by atoms with Crippen molar-refractivity contribution in [1.29, 1.82) is 0 Å². The lowest BCUT2D eigenvalue weighted by atomic mass is 9.98. The molecular formula is C44H77NO2. The minimum Gasteiger partial charge on any atom is -0.344 e. The molecule has 2 rings (SSSR count). The highest BCUT2D eigenvalue weighted by Crippen LogP contribution is 2.44. The zero-order valence-corrected chi connectivity index (χ0v) is 31.7. The first kappa shape index (κ1) is 41.7. The number of nitrogens with zero attached hydrogens (tertiary/aromatic N) is 1. The van der Waals surface area contributed by atoms with Gasteiger partial charge >= 0.3 is 0 Å². The normalized spacial score (nSPS) is 23.4. The SMILES string of the molecule is CC/C=C\C/C=C\C/C=C\CCCCCCCCC1(CCCCCCCC/C=C\C/C=C\CCCCC)O[C@H]2C[C@H](N(C)C)C[C@H]2O1. The molecular weight excluding hydrogens is 574 g/mol. The Balaban J connectivity index is 1.56. The van der Waals surface area contributed by atoms with Crippen molar-refractivity contribution >= 4 is 0 Å². The van der Waals surface area contributed by atoms with Crippen LogP contribution in [0.25, 0.3) is 0 Å². The Bertz CT molecular complexity index is 854. The maximum atomic E-state index is 6.83. The fourth-order valence-electron chi connectivity index (χ4n) is 7.12. The smallest absolute Gasteiger partial charge is 0.169 e. The van der Waals surface area contributed by atoms with Gasteiger partial charge in [0, 0.05) is 18.9 Å². The third kappa shape index (κ3) is 20.6. The first-order valence-electron chi connectivity index (χ1n) is 20.4. The Morgan fingerprint density at radius 1 is 0.489 bits per heavy atom. The Morgan fingerprint density at radius 2 is 0.872 bits per heavy atom. The summed E-state index contributed by atoms with van der Waals surface area (Å²) in [6.45, 7) is 4.45. The van der Waals surface area contributed by atoms with E-state index in [0.717, 1.165) is 51.4 Å². The molecule has 270 valence electrons. The maximum absolute atomic E-state index is 6.83. The second kappa shape index (κ2) is 28.4. The molecule has 1 saturated carbocycles. The van der Waals surface area contributed by atoms with E-state index in [-0.39, 0.29) is 5.79 Å². The lowest BCUT2D eigenvalue weighted by molar-refractivity contribution is -0.193. The van der Waals surface area contributed by atoms with E-state index in [1.165, 1.54) is 116 Å². The molecule has 0 aromatic carbocycles. The second-order valence-electron chi connectivity index (χ2n) is 14.6. The summed E-state index contributed by atoms with van der Waals surface area (Å²) < 4.78 is 13.7. The van der Waals surface area contributed by atoms with Gasteiger partial charge in [0.25, 0.3) is 0 Å². The highest BCUT2D eigenvalue weighted by molar-refractivity contribution is 4.98. The third-order valence-corrected chi connectivity index (χ3v) is 10.1. The van der Waals surface area contributed by atoms with Crippen molar-refractivity contribution in [2.24, 2.45) is 0 Å². The summed E-state index contributed by atoms with van der Waals surface area (Å²) in [5.74, 6) is -0.312. The predicted molar refractivity (Wildman–Crippen MR) is 207 cm³/mol. The van der Waals surface area contributed by atoms with Crippen molar-refractivity contribution in [2.45, 2.75) is 205 Å². The Morgan fingerprint density at radius 3 is 1.30 bits per heavy atom. The van der Waals surface area contributed by atoms with Crippen LogP contribution in [0.1, 0.15) is 181 Å². The van der Waals surface area contributed by atoms with Crippen molar-refractivity contribution in [3.05, 3.63) is 60.8 Å². The number of unbranched alkanes of at least 4 members (excludes halogenated alkanes) is 15. The number of allylic oxidation sites excluding steroid dienone is 10. The standard InChI is InChI=1S/C44H77NO2/c1-5-7-9-11-13-15-17-19-21-23-25-27-29-31-33-35-37-44(46-42-39-41(45(3)4)40-43(42)47-44)38-36-34-32-30-28-26-24-22-20-18-16-14-12-10-8-6-2/h7,9,13-16,19-22,41-43H,5-6,8,10-12,17-18,23-40H2,1-4H3/b9-7-,15-13-,16-14-,21-19-,22-20-/t41-,42-,43+,44?. The number of ether oxygens (including phenoxy) is 2. The molecule has 0 aromatic rings. The summed E-state index contributed by atoms with van der Waals surface area (Å²) in [5, 5.41) is 0. The largest absolute Gasteiger partial charge is 0.344 e. The fraction of sp³-hybridized carbons (Fsp3) is 0.773. The molecule has 0 bridgehead atoms. The minimum atomic E-state index is -0.312. The zero-order valence-electron chi connectivity index (χ0n) is 31.7. The van der Waals surface area contributed by atoms with Crippen LogP contribution in [0.15, 0.2) is 60.8 Å². The molecule has 1 aliphatic heterocycles. The highest BCUT2D eigenvalue weighted by Gasteiger charge is 2.51. The van der Waals surface area contributed by atoms with Gasteiger partial charge in [-0.15, -0.1) is 0 Å². The van der Waals surface area contributed by atoms with Gasteiger partial charge in [0.2, 0.25) is 0 Å². The summed E-state index contributed by atoms with van der Waals surface area (Å²) in [6.07, 6.45) is 56.1. The van der Waals surface area contributed by atoms with Crippen LogP contribution in [0.2, 0.25) is 0 Å². The van der Waals surface area contributed by atoms with E-state index in [0.29, 0.717) is 18.2 Å². The van der Waals surface area contributed by atoms with Gasteiger partial charge in [-0.2, -0.15) is 0 Å². The summed E-state index contributed by atoms with van der Waals surface area (Å²) >= 11 is 0. The molecule has 4 atom stereocenters. The van der Waals surface area contributed by atoms with E-state index in [1.807, 2.05) is 0 Å². The monoisotopic (exact) mass is 652 g/mol. The highest BCUT2D eigenvalue weighted by atomic mass is 16.8. The van der Waals surface area contributed by atoms with Gasteiger partial charge in [-0.1, -0.05) is 139 Å². The molecule has 47 heavy (non-hydrogen) atoms. The summed E-state index contributed by atoms with van der Waals surface area (Å²) in [6, 6.07) is 0.601. The first-order chi connectivity index (χ1) is 23.1. The van der Waals surface area contributed by atoms with Crippen molar-refractivity contribution in [2.75, 3.05) is 14.1 Å². The van der Waals surface area contributed by atoms with Crippen molar-refractivity contribution in [3.8, 4) is 0 Å². The van der Waals surface area contributed by atoms with Crippen LogP contribution in [0.5, 0.6) is 0 Å². The molecule has 3 heteroatoms. The molecule has 0 radical (unpaired) electrons. The van der Waals surface area contributed by atoms with Crippen molar-refractivity contribution < 1.29 is 9.47 Å². The Labute approximate surface area is 293 Å². The summed E-state index contributed by atoms with van der Waals surface area (Å²) in [7, 11) is 4.40. The molecule has 2 aliphatic rings. The molecule has 1 unspecified atom stereocenters. The molecule has 1 aliphatic carbocycles. The molecule has 0 N–H and O–H groups in total. The van der Waals surface area contributed by atoms with Gasteiger partial charge < -0.3 is 14.4 Å². The van der Waals surface area contributed by atoms with Gasteiger partial charge in [-0.3, -0.25) is 0 Å². The van der Waals surface area contributed by atoms with Crippen LogP contribution in [0.4, 0.5) is 0 Å². The Kier molecular flexibility index (Phi) is 25.2. The number of hydrogen-bond donors (Lipinski definition) is 0. The van der Waals surface area contributed by atoms with Crippen LogP contribution < -0.4 is 0 Å². The van der Waals surface area contributed by atoms with E-state index in [9.17, 15) is 0 Å². The quantitative estimate of drug-likeness (QED) is 0.0570. The van der Waals surface area contributed by atoms with Crippen molar-refractivity contribution in [1.82, 2.24) is 4.90 Å². The summed E-state index contributed by atoms with van der Waals surface area (Å²) in [5.41, 5.74) is 0. The molecule has 0 spiro atoms. The molecule has 1 saturated heterocycles. The van der Waals surface area contributed by atoms with E-state index in [1.54, 1.807) is 0 Å². The lowest BCUT2D eigenvalue weighted by Crippen LogP contribution is -2.34. The number of rotatable bonds is 30. The van der Waals surface area contributed by atoms with E-state index in [2.05, 4.69) is 93.6 Å². The Hall–Kier alpha value is -1.42. The van der Waals surface area contributed by atoms with Gasteiger partial charge in [0.15, 0.2) is 5.79 Å². The van der Waals surface area contributed by atoms with Crippen LogP contribution in [-0.2, 0) is 9.47 Å². The molecule has 1 heterocycles. The van der Waals surface area contributed by atoms with Gasteiger partial charge in [0.05, 0.1) is 12.2 Å². The summed E-state index contributed by atoms with van der Waals surface area (Å²) in [4.78, 5) is 2.36. The average molecular weight is 652 g/mol. The minimum absolute atomic E-state index is 0.299. The zero-order chi connectivity index (χ0) is 33.7. The van der Waals surface area contributed by atoms with E-state index in [4.69, 9.17) is 9.47 Å². The first-order valence-corrected chi connectivity index (χ1v) is 20.4. The van der Waals surface area contributed by atoms with Crippen LogP contribution in [0.3, 0.4) is 0 Å². The van der Waals surface area contributed by atoms with Crippen LogP contribution in [-0.4, -0.2) is 43.0 Å². The topological polar surface area (TPSA) is 21.7 Å². The molecule has 0 amide bonds. The second-order valence-corrected chi connectivity index (χ2v) is 14.6. The van der Waals surface area contributed by atoms with Crippen LogP contribution in [0, 0.1) is 0 Å². The van der Waals surface area contributed by atoms with Gasteiger partial charge in [0.1, 0.15) is 0 Å². The van der Waals surface area contributed by atoms with E-state index < -0.39 is 0 Å². The van der Waals surface area contributed by atoms with Crippen LogP contribution >= 0.6 is 0 Å². The van der Waals surface area contributed by atoms with Gasteiger partial charge in [-0.25, -0.2) is 0 Å². The molecule has 0 aromatic heterocycles. The lowest BCUT2D eigenvalue weighted by Gasteiger charge is -2.31. The molecule has 2 fully saturated rings. The van der Waals surface area contributed by atoms with Gasteiger partial charge in [-0.05, 0) is 104 Å². The fourth-order valence-corrected chi connectivity index (χ4v) is 7.12. The average Bonchev–Trinajstić information content (AvgIpc) is 3.61.